The van der Waals surface area contributed by atoms with Gasteiger partial charge in [-0.25, -0.2) is 5.43 Å². The number of amides is 1. The summed E-state index contributed by atoms with van der Waals surface area (Å²) in [6.45, 7) is 2.44. The molecule has 0 atom stereocenters. The molecule has 0 unspecified atom stereocenters. The maximum atomic E-state index is 11.9. The number of hydrogen-bond acceptors (Lipinski definition) is 5. The van der Waals surface area contributed by atoms with Gasteiger partial charge in [0.25, 0.3) is 5.91 Å². The summed E-state index contributed by atoms with van der Waals surface area (Å²) in [6.07, 6.45) is 4.64. The van der Waals surface area contributed by atoms with Gasteiger partial charge in [-0.1, -0.05) is 0 Å². The van der Waals surface area contributed by atoms with E-state index >= 15 is 0 Å². The van der Waals surface area contributed by atoms with Gasteiger partial charge < -0.3 is 9.47 Å². The summed E-state index contributed by atoms with van der Waals surface area (Å²) in [5.74, 6) is 1.01. The molecule has 1 aromatic carbocycles. The van der Waals surface area contributed by atoms with E-state index in [0.29, 0.717) is 23.7 Å². The Hall–Kier alpha value is -2.16. The van der Waals surface area contributed by atoms with Gasteiger partial charge in [0.2, 0.25) is 0 Å². The number of hydrogen-bond donors (Lipinski definition) is 1. The third kappa shape index (κ3) is 4.65. The van der Waals surface area contributed by atoms with Crippen molar-refractivity contribution in [1.29, 1.82) is 0 Å². The highest BCUT2D eigenvalue weighted by molar-refractivity contribution is 14.1. The van der Waals surface area contributed by atoms with Gasteiger partial charge in [-0.2, -0.15) is 5.10 Å². The fourth-order valence-electron chi connectivity index (χ4n) is 1.85. The molecule has 7 heteroatoms. The molecule has 0 saturated carbocycles. The lowest BCUT2D eigenvalue weighted by Crippen LogP contribution is -2.17. The van der Waals surface area contributed by atoms with Crippen molar-refractivity contribution >= 4 is 34.7 Å². The van der Waals surface area contributed by atoms with Crippen LogP contribution in [0.15, 0.2) is 41.8 Å². The molecule has 120 valence electrons. The van der Waals surface area contributed by atoms with Gasteiger partial charge in [-0.15, -0.1) is 0 Å². The topological polar surface area (TPSA) is 72.8 Å². The summed E-state index contributed by atoms with van der Waals surface area (Å²) in [7, 11) is 1.60. The number of halogens is 1. The van der Waals surface area contributed by atoms with Gasteiger partial charge in [0.15, 0.2) is 11.5 Å². The molecular weight excluding hydrogens is 409 g/mol. The Kier molecular flexibility index (Phi) is 6.33. The number of benzene rings is 1. The molecular formula is C16H16IN3O3. The molecule has 1 aromatic heterocycles. The number of aromatic nitrogens is 1. The highest BCUT2D eigenvalue weighted by atomic mass is 127. The summed E-state index contributed by atoms with van der Waals surface area (Å²) in [6, 6.07) is 7.06. The molecule has 0 aliphatic heterocycles. The number of nitrogens with zero attached hydrogens (tertiary/aromatic N) is 2. The van der Waals surface area contributed by atoms with Crippen LogP contribution in [0.5, 0.6) is 11.5 Å². The van der Waals surface area contributed by atoms with Crippen LogP contribution in [0.25, 0.3) is 0 Å². The molecule has 1 heterocycles. The first-order valence-electron chi connectivity index (χ1n) is 6.89. The lowest BCUT2D eigenvalue weighted by Gasteiger charge is -2.11. The molecule has 2 rings (SSSR count). The van der Waals surface area contributed by atoms with Crippen LogP contribution in [0.3, 0.4) is 0 Å². The van der Waals surface area contributed by atoms with E-state index < -0.39 is 0 Å². The van der Waals surface area contributed by atoms with E-state index in [1.165, 1.54) is 6.20 Å². The monoisotopic (exact) mass is 425 g/mol. The van der Waals surface area contributed by atoms with Crippen LogP contribution in [0, 0.1) is 3.57 Å². The van der Waals surface area contributed by atoms with E-state index in [1.807, 2.05) is 19.1 Å². The minimum Gasteiger partial charge on any atom is -0.492 e. The molecule has 1 N–H and O–H groups in total. The van der Waals surface area contributed by atoms with E-state index in [1.54, 1.807) is 31.7 Å². The van der Waals surface area contributed by atoms with Crippen LogP contribution in [-0.2, 0) is 0 Å². The van der Waals surface area contributed by atoms with Crippen LogP contribution in [0.1, 0.15) is 22.8 Å². The molecule has 0 aliphatic carbocycles. The molecule has 0 radical (unpaired) electrons. The van der Waals surface area contributed by atoms with Crippen LogP contribution in [0.2, 0.25) is 0 Å². The predicted octanol–water partition coefficient (Wildman–Crippen LogP) is 2.86. The summed E-state index contributed by atoms with van der Waals surface area (Å²) in [4.78, 5) is 15.8. The lowest BCUT2D eigenvalue weighted by molar-refractivity contribution is 0.0955. The van der Waals surface area contributed by atoms with E-state index in [0.717, 1.165) is 9.13 Å². The highest BCUT2D eigenvalue weighted by Crippen LogP contribution is 2.33. The van der Waals surface area contributed by atoms with Gasteiger partial charge in [0, 0.05) is 12.4 Å². The zero-order valence-corrected chi connectivity index (χ0v) is 14.9. The van der Waals surface area contributed by atoms with Gasteiger partial charge in [0.1, 0.15) is 0 Å². The number of carbonyl (C=O) groups is 1. The van der Waals surface area contributed by atoms with Gasteiger partial charge in [0.05, 0.1) is 29.1 Å². The smallest absolute Gasteiger partial charge is 0.272 e. The Bertz CT molecular complexity index is 705. The Labute approximate surface area is 148 Å². The van der Waals surface area contributed by atoms with Crippen molar-refractivity contribution in [2.75, 3.05) is 13.7 Å². The van der Waals surface area contributed by atoms with E-state index in [4.69, 9.17) is 9.47 Å². The summed E-state index contributed by atoms with van der Waals surface area (Å²) >= 11 is 2.16. The fraction of sp³-hybridized carbons (Fsp3) is 0.188. The van der Waals surface area contributed by atoms with E-state index in [2.05, 4.69) is 38.1 Å². The van der Waals surface area contributed by atoms with Gasteiger partial charge >= 0.3 is 0 Å². The molecule has 23 heavy (non-hydrogen) atoms. The molecule has 0 aliphatic rings. The molecule has 0 bridgehead atoms. The Morgan fingerprint density at radius 3 is 2.96 bits per heavy atom. The first-order chi connectivity index (χ1) is 11.2. The third-order valence-electron chi connectivity index (χ3n) is 2.84. The normalized spacial score (nSPS) is 10.6. The molecule has 2 aromatic rings. The molecule has 0 fully saturated rings. The average molecular weight is 425 g/mol. The highest BCUT2D eigenvalue weighted by Gasteiger charge is 2.10. The predicted molar refractivity (Wildman–Crippen MR) is 96.2 cm³/mol. The Balaban J connectivity index is 2.12. The van der Waals surface area contributed by atoms with Crippen molar-refractivity contribution in [2.24, 2.45) is 5.10 Å². The molecule has 0 saturated heterocycles. The third-order valence-corrected chi connectivity index (χ3v) is 3.64. The number of hydrazone groups is 1. The van der Waals surface area contributed by atoms with Crippen LogP contribution >= 0.6 is 22.6 Å². The van der Waals surface area contributed by atoms with Gasteiger partial charge in [-0.05, 0) is 59.3 Å². The van der Waals surface area contributed by atoms with Crippen molar-refractivity contribution in [2.45, 2.75) is 6.92 Å². The summed E-state index contributed by atoms with van der Waals surface area (Å²) in [5, 5.41) is 3.96. The van der Waals surface area contributed by atoms with E-state index in [9.17, 15) is 4.79 Å². The molecule has 6 nitrogen and oxygen atoms in total. The van der Waals surface area contributed by atoms with E-state index in [-0.39, 0.29) is 5.91 Å². The number of pyridine rings is 1. The lowest BCUT2D eigenvalue weighted by atomic mass is 10.2. The van der Waals surface area contributed by atoms with Crippen LogP contribution in [-0.4, -0.2) is 30.8 Å². The second-order valence-electron chi connectivity index (χ2n) is 4.41. The molecule has 1 amide bonds. The summed E-state index contributed by atoms with van der Waals surface area (Å²) < 4.78 is 11.8. The first-order valence-corrected chi connectivity index (χ1v) is 7.97. The maximum Gasteiger partial charge on any atom is 0.272 e. The maximum absolute atomic E-state index is 11.9. The van der Waals surface area contributed by atoms with Gasteiger partial charge in [-0.3, -0.25) is 9.78 Å². The SMILES string of the molecule is CCOc1cc(/C=N\NC(=O)c2cccnc2)cc(I)c1OC. The van der Waals surface area contributed by atoms with Crippen LogP contribution < -0.4 is 14.9 Å². The van der Waals surface area contributed by atoms with Crippen molar-refractivity contribution < 1.29 is 14.3 Å². The molecule has 0 spiro atoms. The number of methoxy groups -OCH3 is 1. The van der Waals surface area contributed by atoms with Crippen molar-refractivity contribution in [3.8, 4) is 11.5 Å². The van der Waals surface area contributed by atoms with Crippen molar-refractivity contribution in [1.82, 2.24) is 10.4 Å². The fourth-order valence-corrected chi connectivity index (χ4v) is 2.70. The largest absolute Gasteiger partial charge is 0.492 e. The second kappa shape index (κ2) is 8.47. The number of carbonyl (C=O) groups excluding carboxylic acids is 1. The number of nitrogens with one attached hydrogen (secondary N) is 1. The first kappa shape index (κ1) is 17.2. The van der Waals surface area contributed by atoms with Crippen molar-refractivity contribution in [3.05, 3.63) is 51.4 Å². The zero-order valence-electron chi connectivity index (χ0n) is 12.7. The minimum absolute atomic E-state index is 0.317. The Morgan fingerprint density at radius 2 is 2.30 bits per heavy atom. The quantitative estimate of drug-likeness (QED) is 0.439. The van der Waals surface area contributed by atoms with Crippen molar-refractivity contribution in [3.63, 3.8) is 0 Å². The minimum atomic E-state index is -0.317. The number of ether oxygens (including phenoxy) is 2. The standard InChI is InChI=1S/C16H16IN3O3/c1-3-23-14-8-11(7-13(17)15(14)22-2)9-19-20-16(21)12-5-4-6-18-10-12/h4-10H,3H2,1-2H3,(H,20,21)/b19-9-. The average Bonchev–Trinajstić information content (AvgIpc) is 2.56. The number of rotatable bonds is 6. The second-order valence-corrected chi connectivity index (χ2v) is 5.57. The summed E-state index contributed by atoms with van der Waals surface area (Å²) in [5.41, 5.74) is 3.71. The zero-order chi connectivity index (χ0) is 16.7. The van der Waals surface area contributed by atoms with Crippen LogP contribution in [0.4, 0.5) is 0 Å². The Morgan fingerprint density at radius 1 is 1.48 bits per heavy atom.